The largest absolute Gasteiger partial charge is 0.481 e. The van der Waals surface area contributed by atoms with Crippen LogP contribution in [0.25, 0.3) is 0 Å². The summed E-state index contributed by atoms with van der Waals surface area (Å²) in [4.78, 5) is 0. The van der Waals surface area contributed by atoms with Gasteiger partial charge in [0.05, 0.1) is 0 Å². The average Bonchev–Trinajstić information content (AvgIpc) is 2.28. The van der Waals surface area contributed by atoms with Gasteiger partial charge in [0.2, 0.25) is 0 Å². The van der Waals surface area contributed by atoms with Crippen molar-refractivity contribution in [1.82, 2.24) is 0 Å². The fourth-order valence-corrected chi connectivity index (χ4v) is 2.23. The molecule has 2 N–H and O–H groups in total. The van der Waals surface area contributed by atoms with Crippen LogP contribution in [0.15, 0.2) is 22.7 Å². The fraction of sp³-hybridized carbons (Fsp3) is 0.455. The summed E-state index contributed by atoms with van der Waals surface area (Å²) in [7, 11) is 0. The van der Waals surface area contributed by atoms with Crippen molar-refractivity contribution in [2.45, 2.75) is 18.1 Å². The van der Waals surface area contributed by atoms with Crippen LogP contribution in [-0.2, 0) is 0 Å². The number of fused-ring (bicyclic) bond motifs is 1. The molecule has 0 aliphatic carbocycles. The molecule has 0 bridgehead atoms. The topological polar surface area (TPSA) is 35.2 Å². The van der Waals surface area contributed by atoms with E-state index in [9.17, 15) is 8.78 Å². The maximum Gasteiger partial charge on any atom is 0.167 e. The molecule has 0 radical (unpaired) electrons. The highest BCUT2D eigenvalue weighted by atomic mass is 79.9. The molecular formula is C11H13BrClF2NO. The second kappa shape index (κ2) is 5.50. The zero-order valence-electron chi connectivity index (χ0n) is 8.96. The summed E-state index contributed by atoms with van der Waals surface area (Å²) in [6.45, 7) is -1.74. The molecular weight excluding hydrogens is 315 g/mol. The van der Waals surface area contributed by atoms with Crippen LogP contribution in [0.4, 0.5) is 8.78 Å². The number of rotatable bonds is 2. The molecule has 1 aliphatic rings. The lowest BCUT2D eigenvalue weighted by molar-refractivity contribution is -0.00784. The standard InChI is InChI=1S/C11H12BrF2NO.ClH/c12-7-1-2-8-9(15)4-11(5-13,6-14)16-10(8)3-7;/h1-3,9H,4-6,15H2;1H/t9-;/m1./s1. The van der Waals surface area contributed by atoms with Crippen LogP contribution in [-0.4, -0.2) is 19.0 Å². The van der Waals surface area contributed by atoms with Gasteiger partial charge in [0, 0.05) is 22.5 Å². The van der Waals surface area contributed by atoms with E-state index < -0.39 is 19.0 Å². The lowest BCUT2D eigenvalue weighted by Crippen LogP contribution is -2.46. The van der Waals surface area contributed by atoms with E-state index in [1.165, 1.54) is 0 Å². The minimum absolute atomic E-state index is 0. The van der Waals surface area contributed by atoms with Gasteiger partial charge in [0.15, 0.2) is 5.60 Å². The zero-order chi connectivity index (χ0) is 11.8. The average molecular weight is 329 g/mol. The molecule has 0 unspecified atom stereocenters. The van der Waals surface area contributed by atoms with Crippen molar-refractivity contribution in [2.24, 2.45) is 5.73 Å². The second-order valence-electron chi connectivity index (χ2n) is 4.05. The molecule has 0 fully saturated rings. The van der Waals surface area contributed by atoms with E-state index in [1.807, 2.05) is 12.1 Å². The Kier molecular flexibility index (Phi) is 4.75. The Hall–Kier alpha value is -0.390. The molecule has 0 spiro atoms. The van der Waals surface area contributed by atoms with Crippen molar-refractivity contribution >= 4 is 28.3 Å². The Morgan fingerprint density at radius 3 is 2.65 bits per heavy atom. The molecule has 6 heteroatoms. The van der Waals surface area contributed by atoms with E-state index >= 15 is 0 Å². The monoisotopic (exact) mass is 327 g/mol. The summed E-state index contributed by atoms with van der Waals surface area (Å²) < 4.78 is 31.9. The molecule has 1 aromatic rings. The molecule has 2 nitrogen and oxygen atoms in total. The van der Waals surface area contributed by atoms with Crippen LogP contribution in [0.3, 0.4) is 0 Å². The first-order chi connectivity index (χ1) is 7.60. The highest BCUT2D eigenvalue weighted by Crippen LogP contribution is 2.40. The summed E-state index contributed by atoms with van der Waals surface area (Å²) in [6, 6.07) is 4.95. The summed E-state index contributed by atoms with van der Waals surface area (Å²) in [5.74, 6) is 0.462. The molecule has 96 valence electrons. The van der Waals surface area contributed by atoms with Gasteiger partial charge in [0.25, 0.3) is 0 Å². The first-order valence-electron chi connectivity index (χ1n) is 4.96. The molecule has 1 atom stereocenters. The van der Waals surface area contributed by atoms with Gasteiger partial charge in [-0.2, -0.15) is 0 Å². The van der Waals surface area contributed by atoms with E-state index in [4.69, 9.17) is 10.5 Å². The van der Waals surface area contributed by atoms with Crippen LogP contribution in [0, 0.1) is 0 Å². The maximum atomic E-state index is 12.9. The van der Waals surface area contributed by atoms with Crippen molar-refractivity contribution in [3.63, 3.8) is 0 Å². The highest BCUT2D eigenvalue weighted by molar-refractivity contribution is 9.10. The van der Waals surface area contributed by atoms with Crippen LogP contribution in [0.1, 0.15) is 18.0 Å². The SMILES string of the molecule is Cl.N[C@@H]1CC(CF)(CF)Oc2cc(Br)ccc21. The maximum absolute atomic E-state index is 12.9. The molecule has 1 aliphatic heterocycles. The molecule has 0 amide bonds. The number of nitrogens with two attached hydrogens (primary N) is 1. The number of hydrogen-bond acceptors (Lipinski definition) is 2. The molecule has 2 rings (SSSR count). The van der Waals surface area contributed by atoms with E-state index in [-0.39, 0.29) is 24.9 Å². The lowest BCUT2D eigenvalue weighted by atomic mass is 9.89. The minimum Gasteiger partial charge on any atom is -0.481 e. The molecule has 17 heavy (non-hydrogen) atoms. The van der Waals surface area contributed by atoms with E-state index in [0.29, 0.717) is 5.75 Å². The van der Waals surface area contributed by atoms with E-state index in [2.05, 4.69) is 15.9 Å². The van der Waals surface area contributed by atoms with Gasteiger partial charge in [-0.15, -0.1) is 12.4 Å². The van der Waals surface area contributed by atoms with Gasteiger partial charge in [-0.05, 0) is 12.1 Å². The molecule has 1 heterocycles. The molecule has 0 saturated heterocycles. The first kappa shape index (κ1) is 14.7. The van der Waals surface area contributed by atoms with E-state index in [0.717, 1.165) is 10.0 Å². The summed E-state index contributed by atoms with van der Waals surface area (Å²) in [5, 5.41) is 0. The van der Waals surface area contributed by atoms with Crippen LogP contribution in [0.2, 0.25) is 0 Å². The molecule has 0 aromatic heterocycles. The number of halogens is 4. The first-order valence-corrected chi connectivity index (χ1v) is 5.75. The lowest BCUT2D eigenvalue weighted by Gasteiger charge is -2.37. The minimum atomic E-state index is -1.41. The Balaban J connectivity index is 0.00000144. The second-order valence-corrected chi connectivity index (χ2v) is 4.96. The predicted octanol–water partition coefficient (Wildman–Crippen LogP) is 3.33. The van der Waals surface area contributed by atoms with Crippen molar-refractivity contribution < 1.29 is 13.5 Å². The summed E-state index contributed by atoms with van der Waals surface area (Å²) in [6.07, 6.45) is 0.161. The van der Waals surface area contributed by atoms with Crippen LogP contribution < -0.4 is 10.5 Å². The van der Waals surface area contributed by atoms with Crippen molar-refractivity contribution in [1.29, 1.82) is 0 Å². The van der Waals surface area contributed by atoms with E-state index in [1.54, 1.807) is 6.07 Å². The Labute approximate surface area is 113 Å². The van der Waals surface area contributed by atoms with Crippen LogP contribution >= 0.6 is 28.3 Å². The summed E-state index contributed by atoms with van der Waals surface area (Å²) >= 11 is 3.28. The Bertz CT molecular complexity index is 401. The third-order valence-electron chi connectivity index (χ3n) is 2.78. The van der Waals surface area contributed by atoms with Crippen molar-refractivity contribution in [3.05, 3.63) is 28.2 Å². The number of benzene rings is 1. The number of ether oxygens (including phenoxy) is 1. The van der Waals surface area contributed by atoms with Crippen molar-refractivity contribution in [2.75, 3.05) is 13.3 Å². The highest BCUT2D eigenvalue weighted by Gasteiger charge is 2.40. The third-order valence-corrected chi connectivity index (χ3v) is 3.27. The molecule has 1 aromatic carbocycles. The normalized spacial score (nSPS) is 21.1. The van der Waals surface area contributed by atoms with Gasteiger partial charge in [-0.3, -0.25) is 0 Å². The predicted molar refractivity (Wildman–Crippen MR) is 68.2 cm³/mol. The quantitative estimate of drug-likeness (QED) is 0.904. The van der Waals surface area contributed by atoms with Gasteiger partial charge < -0.3 is 10.5 Å². The number of alkyl halides is 2. The van der Waals surface area contributed by atoms with Gasteiger partial charge in [0.1, 0.15) is 19.1 Å². The Morgan fingerprint density at radius 1 is 1.41 bits per heavy atom. The van der Waals surface area contributed by atoms with Gasteiger partial charge in [-0.25, -0.2) is 8.78 Å². The smallest absolute Gasteiger partial charge is 0.167 e. The third kappa shape index (κ3) is 2.72. The number of hydrogen-bond donors (Lipinski definition) is 1. The zero-order valence-corrected chi connectivity index (χ0v) is 11.4. The Morgan fingerprint density at radius 2 is 2.06 bits per heavy atom. The van der Waals surface area contributed by atoms with Gasteiger partial charge >= 0.3 is 0 Å². The molecule has 0 saturated carbocycles. The van der Waals surface area contributed by atoms with Gasteiger partial charge in [-0.1, -0.05) is 22.0 Å². The van der Waals surface area contributed by atoms with Crippen molar-refractivity contribution in [3.8, 4) is 5.75 Å². The van der Waals surface area contributed by atoms with Crippen LogP contribution in [0.5, 0.6) is 5.75 Å². The summed E-state index contributed by atoms with van der Waals surface area (Å²) in [5.41, 5.74) is 5.28. The fourth-order valence-electron chi connectivity index (χ4n) is 1.89.